The summed E-state index contributed by atoms with van der Waals surface area (Å²) < 4.78 is 13.2. The van der Waals surface area contributed by atoms with E-state index in [1.807, 2.05) is 6.26 Å². The third-order valence-corrected chi connectivity index (χ3v) is 3.78. The molecule has 0 fully saturated rings. The van der Waals surface area contributed by atoms with E-state index in [9.17, 15) is 14.3 Å². The maximum Gasteiger partial charge on any atom is 0.315 e. The van der Waals surface area contributed by atoms with Gasteiger partial charge in [-0.25, -0.2) is 4.39 Å². The van der Waals surface area contributed by atoms with Crippen LogP contribution < -0.4 is 5.73 Å². The fourth-order valence-electron chi connectivity index (χ4n) is 1.99. The first kappa shape index (κ1) is 15.0. The van der Waals surface area contributed by atoms with E-state index < -0.39 is 17.2 Å². The SMILES string of the molecule is CSCCCC(CN)(C(=O)O)c1cccc(F)c1. The lowest BCUT2D eigenvalue weighted by molar-refractivity contribution is -0.143. The van der Waals surface area contributed by atoms with Crippen LogP contribution in [0.4, 0.5) is 4.39 Å². The number of rotatable bonds is 7. The summed E-state index contributed by atoms with van der Waals surface area (Å²) in [7, 11) is 0. The molecule has 1 rings (SSSR count). The van der Waals surface area contributed by atoms with Crippen molar-refractivity contribution in [2.24, 2.45) is 5.73 Å². The molecule has 0 amide bonds. The predicted octanol–water partition coefficient (Wildman–Crippen LogP) is 2.25. The Bertz CT molecular complexity index is 414. The summed E-state index contributed by atoms with van der Waals surface area (Å²) in [6, 6.07) is 5.71. The third kappa shape index (κ3) is 3.23. The fourth-order valence-corrected chi connectivity index (χ4v) is 2.42. The molecule has 0 bridgehead atoms. The molecular weight excluding hydrogens is 253 g/mol. The van der Waals surface area contributed by atoms with Crippen LogP contribution in [0, 0.1) is 5.82 Å². The zero-order valence-electron chi connectivity index (χ0n) is 10.4. The van der Waals surface area contributed by atoms with Gasteiger partial charge in [-0.15, -0.1) is 0 Å². The molecule has 100 valence electrons. The second-order valence-corrected chi connectivity index (χ2v) is 5.18. The Labute approximate surface area is 111 Å². The van der Waals surface area contributed by atoms with Crippen molar-refractivity contribution >= 4 is 17.7 Å². The van der Waals surface area contributed by atoms with Crippen LogP contribution in [0.1, 0.15) is 18.4 Å². The highest BCUT2D eigenvalue weighted by molar-refractivity contribution is 7.98. The summed E-state index contributed by atoms with van der Waals surface area (Å²) in [4.78, 5) is 11.5. The second kappa shape index (κ2) is 6.75. The van der Waals surface area contributed by atoms with Gasteiger partial charge in [0.05, 0.1) is 0 Å². The highest BCUT2D eigenvalue weighted by Gasteiger charge is 2.38. The molecule has 3 N–H and O–H groups in total. The van der Waals surface area contributed by atoms with E-state index in [1.54, 1.807) is 17.8 Å². The van der Waals surface area contributed by atoms with Gasteiger partial charge in [-0.1, -0.05) is 12.1 Å². The number of carboxylic acids is 1. The van der Waals surface area contributed by atoms with Gasteiger partial charge in [-0.2, -0.15) is 11.8 Å². The standard InChI is InChI=1S/C13H18FNO2S/c1-18-7-3-6-13(9-15,12(16)17)10-4-2-5-11(14)8-10/h2,4-5,8H,3,6-7,9,15H2,1H3,(H,16,17). The third-order valence-electron chi connectivity index (χ3n) is 3.09. The molecule has 5 heteroatoms. The predicted molar refractivity (Wildman–Crippen MR) is 72.4 cm³/mol. The van der Waals surface area contributed by atoms with Crippen molar-refractivity contribution in [1.29, 1.82) is 0 Å². The van der Waals surface area contributed by atoms with Gasteiger partial charge in [0.25, 0.3) is 0 Å². The zero-order chi connectivity index (χ0) is 13.6. The first-order valence-corrected chi connectivity index (χ1v) is 7.14. The van der Waals surface area contributed by atoms with Crippen molar-refractivity contribution in [2.45, 2.75) is 18.3 Å². The number of nitrogens with two attached hydrogens (primary N) is 1. The van der Waals surface area contributed by atoms with E-state index in [-0.39, 0.29) is 6.54 Å². The summed E-state index contributed by atoms with van der Waals surface area (Å²) in [6.07, 6.45) is 3.12. The quantitative estimate of drug-likeness (QED) is 0.747. The van der Waals surface area contributed by atoms with E-state index in [1.165, 1.54) is 18.2 Å². The highest BCUT2D eigenvalue weighted by Crippen LogP contribution is 2.30. The van der Waals surface area contributed by atoms with Crippen molar-refractivity contribution in [3.05, 3.63) is 35.6 Å². The second-order valence-electron chi connectivity index (χ2n) is 4.20. The van der Waals surface area contributed by atoms with Crippen molar-refractivity contribution in [1.82, 2.24) is 0 Å². The van der Waals surface area contributed by atoms with Gasteiger partial charge in [-0.3, -0.25) is 4.79 Å². The van der Waals surface area contributed by atoms with Gasteiger partial charge >= 0.3 is 5.97 Å². The van der Waals surface area contributed by atoms with E-state index in [0.717, 1.165) is 12.2 Å². The van der Waals surface area contributed by atoms with Gasteiger partial charge in [0.15, 0.2) is 0 Å². The Morgan fingerprint density at radius 2 is 2.28 bits per heavy atom. The number of hydrogen-bond acceptors (Lipinski definition) is 3. The zero-order valence-corrected chi connectivity index (χ0v) is 11.2. The van der Waals surface area contributed by atoms with E-state index in [4.69, 9.17) is 5.73 Å². The van der Waals surface area contributed by atoms with Crippen molar-refractivity contribution in [3.63, 3.8) is 0 Å². The number of benzene rings is 1. The van der Waals surface area contributed by atoms with Crippen LogP contribution in [0.15, 0.2) is 24.3 Å². The molecule has 0 saturated carbocycles. The minimum absolute atomic E-state index is 0.0276. The molecule has 1 atom stereocenters. The minimum atomic E-state index is -1.18. The molecule has 0 aliphatic carbocycles. The lowest BCUT2D eigenvalue weighted by Gasteiger charge is -2.28. The fraction of sp³-hybridized carbons (Fsp3) is 0.462. The monoisotopic (exact) mass is 271 g/mol. The van der Waals surface area contributed by atoms with Gasteiger partial charge < -0.3 is 10.8 Å². The molecule has 1 aromatic rings. The van der Waals surface area contributed by atoms with Crippen LogP contribution in [0.2, 0.25) is 0 Å². The van der Waals surface area contributed by atoms with Crippen molar-refractivity contribution in [3.8, 4) is 0 Å². The topological polar surface area (TPSA) is 63.3 Å². The number of carboxylic acid groups (broad SMARTS) is 1. The molecule has 0 spiro atoms. The number of carbonyl (C=O) groups is 1. The van der Waals surface area contributed by atoms with Crippen LogP contribution >= 0.6 is 11.8 Å². The summed E-state index contributed by atoms with van der Waals surface area (Å²) in [5.41, 5.74) is 4.92. The first-order valence-electron chi connectivity index (χ1n) is 5.75. The van der Waals surface area contributed by atoms with Crippen molar-refractivity contribution < 1.29 is 14.3 Å². The van der Waals surface area contributed by atoms with Gasteiger partial charge in [-0.05, 0) is 42.5 Å². The number of hydrogen-bond donors (Lipinski definition) is 2. The Morgan fingerprint density at radius 3 is 2.78 bits per heavy atom. The van der Waals surface area contributed by atoms with E-state index in [2.05, 4.69) is 0 Å². The smallest absolute Gasteiger partial charge is 0.315 e. The van der Waals surface area contributed by atoms with Gasteiger partial charge in [0.1, 0.15) is 11.2 Å². The lowest BCUT2D eigenvalue weighted by atomic mass is 9.77. The van der Waals surface area contributed by atoms with Crippen molar-refractivity contribution in [2.75, 3.05) is 18.6 Å². The van der Waals surface area contributed by atoms with Gasteiger partial charge in [0, 0.05) is 6.54 Å². The summed E-state index contributed by atoms with van der Waals surface area (Å²) in [5, 5.41) is 9.46. The first-order chi connectivity index (χ1) is 8.56. The molecule has 18 heavy (non-hydrogen) atoms. The van der Waals surface area contributed by atoms with Gasteiger partial charge in [0.2, 0.25) is 0 Å². The summed E-state index contributed by atoms with van der Waals surface area (Å²) in [6.45, 7) is -0.0276. The Hall–Kier alpha value is -1.07. The Balaban J connectivity index is 3.06. The van der Waals surface area contributed by atoms with Crippen LogP contribution in [-0.2, 0) is 10.2 Å². The molecular formula is C13H18FNO2S. The Morgan fingerprint density at radius 1 is 1.56 bits per heavy atom. The summed E-state index contributed by atoms with van der Waals surface area (Å²) >= 11 is 1.66. The van der Waals surface area contributed by atoms with Crippen LogP contribution in [-0.4, -0.2) is 29.6 Å². The molecule has 0 heterocycles. The van der Waals surface area contributed by atoms with Crippen LogP contribution in [0.25, 0.3) is 0 Å². The molecule has 0 saturated heterocycles. The molecule has 0 radical (unpaired) electrons. The van der Waals surface area contributed by atoms with Crippen LogP contribution in [0.5, 0.6) is 0 Å². The number of aliphatic carboxylic acids is 1. The molecule has 0 aliphatic rings. The Kier molecular flexibility index (Phi) is 5.62. The molecule has 3 nitrogen and oxygen atoms in total. The number of halogens is 1. The average Bonchev–Trinajstić information content (AvgIpc) is 2.34. The minimum Gasteiger partial charge on any atom is -0.481 e. The number of thioether (sulfide) groups is 1. The largest absolute Gasteiger partial charge is 0.481 e. The van der Waals surface area contributed by atoms with E-state index in [0.29, 0.717) is 12.0 Å². The summed E-state index contributed by atoms with van der Waals surface area (Å²) in [5.74, 6) is -0.558. The molecule has 0 aromatic heterocycles. The normalized spacial score (nSPS) is 14.2. The van der Waals surface area contributed by atoms with Crippen LogP contribution in [0.3, 0.4) is 0 Å². The average molecular weight is 271 g/mol. The highest BCUT2D eigenvalue weighted by atomic mass is 32.2. The maximum atomic E-state index is 13.2. The maximum absolute atomic E-state index is 13.2. The molecule has 1 aromatic carbocycles. The molecule has 0 aliphatic heterocycles. The molecule has 1 unspecified atom stereocenters. The van der Waals surface area contributed by atoms with E-state index >= 15 is 0 Å². The lowest BCUT2D eigenvalue weighted by Crippen LogP contribution is -2.43.